The molecule has 0 heterocycles. The second-order valence-electron chi connectivity index (χ2n) is 9.32. The van der Waals surface area contributed by atoms with Crippen molar-refractivity contribution in [2.45, 2.75) is 38.1 Å². The van der Waals surface area contributed by atoms with Crippen molar-refractivity contribution in [3.8, 4) is 5.75 Å². The van der Waals surface area contributed by atoms with Crippen molar-refractivity contribution < 1.29 is 28.2 Å². The first-order chi connectivity index (χ1) is 19.3. The molecule has 0 aromatic heterocycles. The Balaban J connectivity index is 1.70. The number of Topliss-reactive ketones (excluding diaryl/α,β-unsaturated/α-hetero) is 1. The molecule has 3 aromatic carbocycles. The van der Waals surface area contributed by atoms with Gasteiger partial charge in [-0.2, -0.15) is 0 Å². The van der Waals surface area contributed by atoms with Gasteiger partial charge in [-0.05, 0) is 41.7 Å². The fraction of sp³-hybridized carbons (Fsp3) is 0.290. The molecule has 0 aliphatic heterocycles. The predicted molar refractivity (Wildman–Crippen MR) is 150 cm³/mol. The maximum atomic E-state index is 13.8. The van der Waals surface area contributed by atoms with Crippen molar-refractivity contribution >= 4 is 23.6 Å². The number of nitrogens with zero attached hydrogens (tertiary/aromatic N) is 1. The number of hydrogen-bond acceptors (Lipinski definition) is 6. The molecular formula is C31H34FN3O5. The van der Waals surface area contributed by atoms with E-state index in [2.05, 4.69) is 10.3 Å². The predicted octanol–water partition coefficient (Wildman–Crippen LogP) is 3.80. The monoisotopic (exact) mass is 547 g/mol. The highest BCUT2D eigenvalue weighted by atomic mass is 19.1. The summed E-state index contributed by atoms with van der Waals surface area (Å²) in [6.45, 7) is 0. The van der Waals surface area contributed by atoms with Crippen molar-refractivity contribution in [2.75, 3.05) is 14.2 Å². The lowest BCUT2D eigenvalue weighted by atomic mass is 9.96. The number of ether oxygens (including phenoxy) is 2. The zero-order valence-electron chi connectivity index (χ0n) is 22.6. The van der Waals surface area contributed by atoms with Gasteiger partial charge in [0.05, 0.1) is 20.1 Å². The Morgan fingerprint density at radius 2 is 1.52 bits per heavy atom. The summed E-state index contributed by atoms with van der Waals surface area (Å²) >= 11 is 0. The molecule has 210 valence electrons. The standard InChI is InChI=1S/C31H34FN3O5/c1-39-28-19-23(13-15-25(28)32)14-16-27(36)26(18-22-11-7-4-8-12-22)34-31(33)35-29(37)20-24(30(38)40-2)17-21-9-5-3-6-10-21/h3-13,15,19,24,26H,14,16-18,20H2,1-2H3,(H3,33,34,35,37)/t24-,26+/m0/s1. The van der Waals surface area contributed by atoms with Crippen molar-refractivity contribution in [3.05, 3.63) is 101 Å². The quantitative estimate of drug-likeness (QED) is 0.191. The number of aliphatic imine (C=N–C) groups is 1. The van der Waals surface area contributed by atoms with Gasteiger partial charge in [-0.15, -0.1) is 0 Å². The van der Waals surface area contributed by atoms with Gasteiger partial charge in [0.1, 0.15) is 6.04 Å². The van der Waals surface area contributed by atoms with Gasteiger partial charge in [0.25, 0.3) is 0 Å². The Labute approximate surface area is 233 Å². The minimum atomic E-state index is -0.856. The molecule has 3 N–H and O–H groups in total. The summed E-state index contributed by atoms with van der Waals surface area (Å²) in [6, 6.07) is 22.2. The van der Waals surface area contributed by atoms with E-state index in [-0.39, 0.29) is 36.8 Å². The van der Waals surface area contributed by atoms with E-state index in [9.17, 15) is 18.8 Å². The van der Waals surface area contributed by atoms with Crippen molar-refractivity contribution in [3.63, 3.8) is 0 Å². The Bertz CT molecular complexity index is 1320. The number of nitrogens with two attached hydrogens (primary N) is 1. The van der Waals surface area contributed by atoms with Gasteiger partial charge in [-0.1, -0.05) is 66.7 Å². The second-order valence-corrected chi connectivity index (χ2v) is 9.32. The molecule has 0 fully saturated rings. The number of ketones is 1. The van der Waals surface area contributed by atoms with E-state index in [1.54, 1.807) is 12.1 Å². The number of carbonyl (C=O) groups is 3. The number of guanidine groups is 1. The zero-order chi connectivity index (χ0) is 28.9. The fourth-order valence-electron chi connectivity index (χ4n) is 4.28. The van der Waals surface area contributed by atoms with Crippen LogP contribution in [0.3, 0.4) is 0 Å². The number of amides is 1. The molecule has 0 spiro atoms. The summed E-state index contributed by atoms with van der Waals surface area (Å²) in [7, 11) is 2.65. The number of esters is 1. The normalized spacial score (nSPS) is 12.7. The van der Waals surface area contributed by atoms with Crippen LogP contribution in [0.1, 0.15) is 29.5 Å². The second kappa shape index (κ2) is 15.2. The molecule has 0 bridgehead atoms. The average molecular weight is 548 g/mol. The molecule has 3 rings (SSSR count). The number of carbonyl (C=O) groups excluding carboxylic acids is 3. The fourth-order valence-corrected chi connectivity index (χ4v) is 4.28. The number of hydrogen-bond donors (Lipinski definition) is 2. The van der Waals surface area contributed by atoms with Crippen LogP contribution in [0.25, 0.3) is 0 Å². The van der Waals surface area contributed by atoms with E-state index in [4.69, 9.17) is 15.2 Å². The minimum absolute atomic E-state index is 0.105. The number of nitrogens with one attached hydrogen (secondary N) is 1. The molecule has 9 heteroatoms. The third kappa shape index (κ3) is 9.34. The highest BCUT2D eigenvalue weighted by Crippen LogP contribution is 2.20. The molecule has 2 atom stereocenters. The van der Waals surface area contributed by atoms with Gasteiger partial charge in [-0.3, -0.25) is 19.7 Å². The molecular weight excluding hydrogens is 513 g/mol. The summed E-state index contributed by atoms with van der Waals surface area (Å²) in [5.74, 6) is -2.53. The van der Waals surface area contributed by atoms with Gasteiger partial charge in [0.2, 0.25) is 5.91 Å². The molecule has 40 heavy (non-hydrogen) atoms. The van der Waals surface area contributed by atoms with Crippen LogP contribution in [0.15, 0.2) is 83.9 Å². The van der Waals surface area contributed by atoms with E-state index >= 15 is 0 Å². The Morgan fingerprint density at radius 1 is 0.900 bits per heavy atom. The van der Waals surface area contributed by atoms with Gasteiger partial charge in [-0.25, -0.2) is 9.38 Å². The van der Waals surface area contributed by atoms with Crippen LogP contribution in [0.5, 0.6) is 5.75 Å². The largest absolute Gasteiger partial charge is 0.494 e. The summed E-state index contributed by atoms with van der Waals surface area (Å²) < 4.78 is 23.7. The first-order valence-corrected chi connectivity index (χ1v) is 12.9. The van der Waals surface area contributed by atoms with Gasteiger partial charge < -0.3 is 15.2 Å². The minimum Gasteiger partial charge on any atom is -0.494 e. The molecule has 1 amide bonds. The third-order valence-corrected chi connectivity index (χ3v) is 6.37. The molecule has 0 aliphatic rings. The topological polar surface area (TPSA) is 120 Å². The molecule has 0 radical (unpaired) electrons. The molecule has 3 aromatic rings. The lowest BCUT2D eigenvalue weighted by Crippen LogP contribution is -2.40. The summed E-state index contributed by atoms with van der Waals surface area (Å²) in [5, 5.41) is 2.51. The Kier molecular flexibility index (Phi) is 11.4. The molecule has 0 saturated carbocycles. The molecule has 0 unspecified atom stereocenters. The van der Waals surface area contributed by atoms with Gasteiger partial charge in [0.15, 0.2) is 23.3 Å². The number of methoxy groups -OCH3 is 2. The first kappa shape index (κ1) is 30.0. The van der Waals surface area contributed by atoms with Crippen LogP contribution in [-0.4, -0.2) is 43.9 Å². The Hall–Kier alpha value is -4.53. The van der Waals surface area contributed by atoms with Crippen molar-refractivity contribution in [2.24, 2.45) is 16.6 Å². The summed E-state index contributed by atoms with van der Waals surface area (Å²) in [6.07, 6.45) is 0.909. The number of halogens is 1. The lowest BCUT2D eigenvalue weighted by Gasteiger charge is -2.16. The van der Waals surface area contributed by atoms with Gasteiger partial charge >= 0.3 is 5.97 Å². The van der Waals surface area contributed by atoms with Crippen LogP contribution in [-0.2, 0) is 38.4 Å². The summed E-state index contributed by atoms with van der Waals surface area (Å²) in [4.78, 5) is 42.7. The SMILES string of the molecule is COC(=O)[C@H](CC(=O)NC(N)=N[C@H](Cc1ccccc1)C(=O)CCc1ccc(F)c(OC)c1)Cc1ccccc1. The van der Waals surface area contributed by atoms with Gasteiger partial charge in [0, 0.05) is 19.3 Å². The first-order valence-electron chi connectivity index (χ1n) is 12.9. The highest BCUT2D eigenvalue weighted by molar-refractivity contribution is 5.98. The van der Waals surface area contributed by atoms with E-state index in [1.165, 1.54) is 20.3 Å². The van der Waals surface area contributed by atoms with E-state index in [1.807, 2.05) is 60.7 Å². The summed E-state index contributed by atoms with van der Waals surface area (Å²) in [5.41, 5.74) is 8.56. The molecule has 8 nitrogen and oxygen atoms in total. The third-order valence-electron chi connectivity index (χ3n) is 6.37. The average Bonchev–Trinajstić information content (AvgIpc) is 2.96. The van der Waals surface area contributed by atoms with Crippen LogP contribution < -0.4 is 15.8 Å². The van der Waals surface area contributed by atoms with E-state index in [0.717, 1.165) is 16.7 Å². The van der Waals surface area contributed by atoms with Crippen molar-refractivity contribution in [1.82, 2.24) is 5.32 Å². The lowest BCUT2D eigenvalue weighted by molar-refractivity contribution is -0.147. The van der Waals surface area contributed by atoms with Crippen molar-refractivity contribution in [1.29, 1.82) is 0 Å². The Morgan fingerprint density at radius 3 is 2.12 bits per heavy atom. The maximum absolute atomic E-state index is 13.8. The number of benzene rings is 3. The number of aryl methyl sites for hydroxylation is 1. The van der Waals surface area contributed by atoms with Crippen LogP contribution in [0.2, 0.25) is 0 Å². The maximum Gasteiger partial charge on any atom is 0.309 e. The number of rotatable bonds is 13. The van der Waals surface area contributed by atoms with E-state index < -0.39 is 29.7 Å². The van der Waals surface area contributed by atoms with Crippen LogP contribution in [0, 0.1) is 11.7 Å². The molecule has 0 saturated heterocycles. The van der Waals surface area contributed by atoms with Crippen LogP contribution in [0.4, 0.5) is 4.39 Å². The molecule has 0 aliphatic carbocycles. The highest BCUT2D eigenvalue weighted by Gasteiger charge is 2.24. The zero-order valence-corrected chi connectivity index (χ0v) is 22.6. The van der Waals surface area contributed by atoms with Crippen LogP contribution >= 0.6 is 0 Å². The smallest absolute Gasteiger partial charge is 0.309 e. The van der Waals surface area contributed by atoms with E-state index in [0.29, 0.717) is 12.8 Å².